The second-order valence-corrected chi connectivity index (χ2v) is 2.89. The van der Waals surface area contributed by atoms with Crippen molar-refractivity contribution in [1.29, 1.82) is 0 Å². The largest absolute Gasteiger partial charge is 0.393 e. The van der Waals surface area contributed by atoms with Gasteiger partial charge in [-0.2, -0.15) is 0 Å². The van der Waals surface area contributed by atoms with Gasteiger partial charge in [0.2, 0.25) is 0 Å². The van der Waals surface area contributed by atoms with E-state index in [1.165, 1.54) is 0 Å². The fourth-order valence-electron chi connectivity index (χ4n) is 1.22. The minimum atomic E-state index is -0.0325. The minimum Gasteiger partial charge on any atom is -0.393 e. The molecular formula is C9H21NO. The van der Waals surface area contributed by atoms with E-state index < -0.39 is 0 Å². The molecule has 68 valence electrons. The summed E-state index contributed by atoms with van der Waals surface area (Å²) in [6, 6.07) is 0. The second kappa shape index (κ2) is 6.62. The lowest BCUT2D eigenvalue weighted by molar-refractivity contribution is 0.157. The van der Waals surface area contributed by atoms with Crippen molar-refractivity contribution in [2.24, 2.45) is 0 Å². The van der Waals surface area contributed by atoms with Crippen LogP contribution >= 0.6 is 0 Å². The van der Waals surface area contributed by atoms with E-state index in [1.807, 2.05) is 13.8 Å². The molecule has 0 aromatic heterocycles. The Morgan fingerprint density at radius 2 is 1.82 bits per heavy atom. The van der Waals surface area contributed by atoms with Gasteiger partial charge in [0, 0.05) is 6.54 Å². The van der Waals surface area contributed by atoms with Gasteiger partial charge in [-0.3, -0.25) is 0 Å². The van der Waals surface area contributed by atoms with Gasteiger partial charge in [-0.15, -0.1) is 0 Å². The molecule has 0 aliphatic carbocycles. The first-order valence-electron chi connectivity index (χ1n) is 4.65. The molecule has 0 aromatic rings. The lowest BCUT2D eigenvalue weighted by Crippen LogP contribution is -2.19. The van der Waals surface area contributed by atoms with Crippen LogP contribution in [0.4, 0.5) is 0 Å². The average Bonchev–Trinajstić information content (AvgIpc) is 2.20. The van der Waals surface area contributed by atoms with Crippen molar-refractivity contribution >= 4 is 0 Å². The van der Waals surface area contributed by atoms with Crippen LogP contribution in [-0.4, -0.2) is 36.2 Å². The standard InChI is InChI=1S/C7H15NO.C2H6/c1-8-5-2-3-7(9)4-6-8;1-2/h7,9H,2-6H2,1H3;1-2H3. The highest BCUT2D eigenvalue weighted by Gasteiger charge is 2.10. The van der Waals surface area contributed by atoms with Crippen molar-refractivity contribution in [2.75, 3.05) is 20.1 Å². The van der Waals surface area contributed by atoms with E-state index in [1.54, 1.807) is 0 Å². The van der Waals surface area contributed by atoms with Crippen molar-refractivity contribution in [3.8, 4) is 0 Å². The molecule has 0 spiro atoms. The zero-order valence-electron chi connectivity index (χ0n) is 8.01. The van der Waals surface area contributed by atoms with E-state index in [2.05, 4.69) is 11.9 Å². The van der Waals surface area contributed by atoms with Gasteiger partial charge in [-0.25, -0.2) is 0 Å². The molecule has 2 nitrogen and oxygen atoms in total. The van der Waals surface area contributed by atoms with Crippen LogP contribution in [0.1, 0.15) is 33.1 Å². The number of aliphatic hydroxyl groups excluding tert-OH is 1. The predicted molar refractivity (Wildman–Crippen MR) is 48.7 cm³/mol. The Bertz CT molecular complexity index is 75.6. The highest BCUT2D eigenvalue weighted by Crippen LogP contribution is 2.08. The van der Waals surface area contributed by atoms with Crippen LogP contribution in [0.25, 0.3) is 0 Å². The first-order valence-corrected chi connectivity index (χ1v) is 4.65. The fourth-order valence-corrected chi connectivity index (χ4v) is 1.22. The second-order valence-electron chi connectivity index (χ2n) is 2.89. The predicted octanol–water partition coefficient (Wildman–Crippen LogP) is 1.49. The third kappa shape index (κ3) is 5.22. The molecule has 0 radical (unpaired) electrons. The van der Waals surface area contributed by atoms with Crippen LogP contribution in [0.15, 0.2) is 0 Å². The van der Waals surface area contributed by atoms with Crippen molar-refractivity contribution < 1.29 is 5.11 Å². The molecule has 0 amide bonds. The van der Waals surface area contributed by atoms with E-state index >= 15 is 0 Å². The van der Waals surface area contributed by atoms with E-state index in [-0.39, 0.29) is 6.10 Å². The molecule has 1 aliphatic rings. The molecule has 11 heavy (non-hydrogen) atoms. The maximum atomic E-state index is 9.18. The lowest BCUT2D eigenvalue weighted by Gasteiger charge is -2.10. The van der Waals surface area contributed by atoms with Crippen LogP contribution in [0, 0.1) is 0 Å². The van der Waals surface area contributed by atoms with Crippen LogP contribution in [0.3, 0.4) is 0 Å². The van der Waals surface area contributed by atoms with Crippen LogP contribution in [0.5, 0.6) is 0 Å². The van der Waals surface area contributed by atoms with Gasteiger partial charge in [0.25, 0.3) is 0 Å². The van der Waals surface area contributed by atoms with Crippen LogP contribution < -0.4 is 0 Å². The zero-order chi connectivity index (χ0) is 8.69. The molecule has 1 aliphatic heterocycles. The normalized spacial score (nSPS) is 26.7. The van der Waals surface area contributed by atoms with Gasteiger partial charge in [-0.1, -0.05) is 13.8 Å². The molecule has 1 unspecified atom stereocenters. The van der Waals surface area contributed by atoms with Gasteiger partial charge in [0.15, 0.2) is 0 Å². The Hall–Kier alpha value is -0.0800. The molecule has 0 aromatic carbocycles. The molecule has 1 rings (SSSR count). The third-order valence-corrected chi connectivity index (χ3v) is 1.92. The maximum absolute atomic E-state index is 9.18. The van der Waals surface area contributed by atoms with Crippen molar-refractivity contribution in [1.82, 2.24) is 4.90 Å². The number of rotatable bonds is 0. The number of nitrogens with zero attached hydrogens (tertiary/aromatic N) is 1. The topological polar surface area (TPSA) is 23.5 Å². The Morgan fingerprint density at radius 1 is 1.18 bits per heavy atom. The van der Waals surface area contributed by atoms with Gasteiger partial charge >= 0.3 is 0 Å². The molecule has 1 heterocycles. The Kier molecular flexibility index (Phi) is 6.57. The monoisotopic (exact) mass is 159 g/mol. The summed E-state index contributed by atoms with van der Waals surface area (Å²) < 4.78 is 0. The molecule has 2 heteroatoms. The molecule has 0 saturated carbocycles. The summed E-state index contributed by atoms with van der Waals surface area (Å²) >= 11 is 0. The quantitative estimate of drug-likeness (QED) is 0.579. The molecule has 1 atom stereocenters. The number of likely N-dealkylation sites (tertiary alicyclic amines) is 1. The van der Waals surface area contributed by atoms with Crippen molar-refractivity contribution in [3.63, 3.8) is 0 Å². The summed E-state index contributed by atoms with van der Waals surface area (Å²) in [6.45, 7) is 6.21. The average molecular weight is 159 g/mol. The Balaban J connectivity index is 0.000000461. The molecular weight excluding hydrogens is 138 g/mol. The van der Waals surface area contributed by atoms with Crippen molar-refractivity contribution in [2.45, 2.75) is 39.2 Å². The number of aliphatic hydroxyl groups is 1. The van der Waals surface area contributed by atoms with Gasteiger partial charge < -0.3 is 10.0 Å². The summed E-state index contributed by atoms with van der Waals surface area (Å²) in [7, 11) is 2.11. The smallest absolute Gasteiger partial charge is 0.0553 e. The maximum Gasteiger partial charge on any atom is 0.0553 e. The molecule has 1 saturated heterocycles. The van der Waals surface area contributed by atoms with Crippen molar-refractivity contribution in [3.05, 3.63) is 0 Å². The van der Waals surface area contributed by atoms with E-state index in [0.29, 0.717) is 0 Å². The highest BCUT2D eigenvalue weighted by molar-refractivity contribution is 4.65. The summed E-state index contributed by atoms with van der Waals surface area (Å²) in [6.07, 6.45) is 3.06. The number of hydrogen-bond donors (Lipinski definition) is 1. The third-order valence-electron chi connectivity index (χ3n) is 1.92. The molecule has 1 fully saturated rings. The Labute approximate surface area is 70.2 Å². The van der Waals surface area contributed by atoms with Crippen LogP contribution in [-0.2, 0) is 0 Å². The molecule has 1 N–H and O–H groups in total. The first kappa shape index (κ1) is 10.9. The van der Waals surface area contributed by atoms with Gasteiger partial charge in [0.1, 0.15) is 0 Å². The zero-order valence-corrected chi connectivity index (χ0v) is 8.01. The summed E-state index contributed by atoms with van der Waals surface area (Å²) in [4.78, 5) is 2.27. The van der Waals surface area contributed by atoms with E-state index in [0.717, 1.165) is 32.4 Å². The molecule has 0 bridgehead atoms. The fraction of sp³-hybridized carbons (Fsp3) is 1.00. The minimum absolute atomic E-state index is 0.0325. The van der Waals surface area contributed by atoms with Crippen LogP contribution in [0.2, 0.25) is 0 Å². The Morgan fingerprint density at radius 3 is 2.45 bits per heavy atom. The van der Waals surface area contributed by atoms with Gasteiger partial charge in [0.05, 0.1) is 6.10 Å². The lowest BCUT2D eigenvalue weighted by atomic mass is 10.2. The highest BCUT2D eigenvalue weighted by atomic mass is 16.3. The first-order chi connectivity index (χ1) is 5.29. The summed E-state index contributed by atoms with van der Waals surface area (Å²) in [5, 5.41) is 9.18. The van der Waals surface area contributed by atoms with E-state index in [9.17, 15) is 5.11 Å². The van der Waals surface area contributed by atoms with E-state index in [4.69, 9.17) is 0 Å². The number of hydrogen-bond acceptors (Lipinski definition) is 2. The summed E-state index contributed by atoms with van der Waals surface area (Å²) in [5.74, 6) is 0. The van der Waals surface area contributed by atoms with Gasteiger partial charge in [-0.05, 0) is 32.9 Å². The SMILES string of the molecule is CC.CN1CCCC(O)CC1. The summed E-state index contributed by atoms with van der Waals surface area (Å²) in [5.41, 5.74) is 0.